The van der Waals surface area contributed by atoms with Gasteiger partial charge >= 0.3 is 5.97 Å². The fourth-order valence-corrected chi connectivity index (χ4v) is 3.94. The predicted octanol–water partition coefficient (Wildman–Crippen LogP) is 3.61. The highest BCUT2D eigenvalue weighted by molar-refractivity contribution is 7.99. The van der Waals surface area contributed by atoms with Crippen LogP contribution in [0, 0.1) is 5.82 Å². The fraction of sp³-hybridized carbons (Fsp3) is 0.208. The molecule has 0 bridgehead atoms. The molecule has 2 aromatic carbocycles. The quantitative estimate of drug-likeness (QED) is 0.250. The van der Waals surface area contributed by atoms with Gasteiger partial charge in [0.2, 0.25) is 5.91 Å². The number of nitrogens with one attached hydrogen (secondary N) is 2. The maximum atomic E-state index is 13.9. The lowest BCUT2D eigenvalue weighted by atomic mass is 10.2. The first-order valence-electron chi connectivity index (χ1n) is 10.5. The number of hydrogen-bond acceptors (Lipinski definition) is 7. The lowest BCUT2D eigenvalue weighted by Crippen LogP contribution is -2.29. The molecular weight excluding hydrogens is 473 g/mol. The van der Waals surface area contributed by atoms with Crippen LogP contribution in [0.15, 0.2) is 66.3 Å². The molecule has 0 saturated carbocycles. The molecule has 2 N–H and O–H groups in total. The zero-order valence-corrected chi connectivity index (χ0v) is 20.0. The average Bonchev–Trinajstić information content (AvgIpc) is 3.25. The molecule has 1 atom stereocenters. The van der Waals surface area contributed by atoms with E-state index >= 15 is 0 Å². The molecule has 0 spiro atoms. The van der Waals surface area contributed by atoms with Crippen molar-refractivity contribution in [3.8, 4) is 0 Å². The SMILES string of the molecule is C=CCn1c(SCC(=O)Nc2cccc(C(=O)OC)c2)nnc1[C@@H](C)NC(=O)c1ccccc1F. The monoisotopic (exact) mass is 497 g/mol. The number of carbonyl (C=O) groups is 3. The minimum Gasteiger partial charge on any atom is -0.465 e. The van der Waals surface area contributed by atoms with Gasteiger partial charge in [-0.2, -0.15) is 0 Å². The molecule has 1 aromatic heterocycles. The average molecular weight is 498 g/mol. The Kier molecular flexibility index (Phi) is 8.74. The van der Waals surface area contributed by atoms with Crippen molar-refractivity contribution < 1.29 is 23.5 Å². The van der Waals surface area contributed by atoms with Crippen molar-refractivity contribution in [2.24, 2.45) is 0 Å². The number of anilines is 1. The van der Waals surface area contributed by atoms with Gasteiger partial charge in [0.25, 0.3) is 5.91 Å². The summed E-state index contributed by atoms with van der Waals surface area (Å²) in [5.41, 5.74) is 0.702. The van der Waals surface area contributed by atoms with Gasteiger partial charge in [0.1, 0.15) is 5.82 Å². The van der Waals surface area contributed by atoms with Gasteiger partial charge in [0, 0.05) is 12.2 Å². The predicted molar refractivity (Wildman–Crippen MR) is 130 cm³/mol. The van der Waals surface area contributed by atoms with Crippen molar-refractivity contribution in [3.63, 3.8) is 0 Å². The van der Waals surface area contributed by atoms with Crippen LogP contribution in [-0.2, 0) is 16.1 Å². The minimum atomic E-state index is -0.621. The third-order valence-electron chi connectivity index (χ3n) is 4.81. The molecule has 0 aliphatic rings. The third-order valence-corrected chi connectivity index (χ3v) is 5.78. The lowest BCUT2D eigenvalue weighted by Gasteiger charge is -2.15. The van der Waals surface area contributed by atoms with Gasteiger partial charge in [-0.25, -0.2) is 9.18 Å². The van der Waals surface area contributed by atoms with Crippen LogP contribution in [0.25, 0.3) is 0 Å². The molecule has 3 aromatic rings. The largest absolute Gasteiger partial charge is 0.465 e. The zero-order valence-electron chi connectivity index (χ0n) is 19.2. The van der Waals surface area contributed by atoms with E-state index in [-0.39, 0.29) is 17.2 Å². The fourth-order valence-electron chi connectivity index (χ4n) is 3.18. The highest BCUT2D eigenvalue weighted by atomic mass is 32.2. The molecular formula is C24H24FN5O4S. The highest BCUT2D eigenvalue weighted by Crippen LogP contribution is 2.22. The van der Waals surface area contributed by atoms with Crippen molar-refractivity contribution >= 4 is 35.2 Å². The molecule has 0 unspecified atom stereocenters. The van der Waals surface area contributed by atoms with Crippen LogP contribution in [0.1, 0.15) is 39.5 Å². The van der Waals surface area contributed by atoms with Crippen molar-refractivity contribution in [2.75, 3.05) is 18.2 Å². The van der Waals surface area contributed by atoms with Gasteiger partial charge < -0.3 is 19.9 Å². The van der Waals surface area contributed by atoms with Crippen LogP contribution in [0.2, 0.25) is 0 Å². The van der Waals surface area contributed by atoms with E-state index in [1.54, 1.807) is 41.8 Å². The first-order valence-corrected chi connectivity index (χ1v) is 11.5. The number of methoxy groups -OCH3 is 1. The number of halogens is 1. The molecule has 0 fully saturated rings. The summed E-state index contributed by atoms with van der Waals surface area (Å²) in [7, 11) is 1.28. The van der Waals surface area contributed by atoms with Crippen LogP contribution in [0.4, 0.5) is 10.1 Å². The highest BCUT2D eigenvalue weighted by Gasteiger charge is 2.21. The second-order valence-electron chi connectivity index (χ2n) is 7.32. The first-order chi connectivity index (χ1) is 16.8. The van der Waals surface area contributed by atoms with Crippen molar-refractivity contribution in [1.29, 1.82) is 0 Å². The van der Waals surface area contributed by atoms with E-state index in [4.69, 9.17) is 0 Å². The molecule has 3 rings (SSSR count). The van der Waals surface area contributed by atoms with Gasteiger partial charge in [-0.05, 0) is 37.3 Å². The Morgan fingerprint density at radius 2 is 1.97 bits per heavy atom. The molecule has 0 aliphatic heterocycles. The summed E-state index contributed by atoms with van der Waals surface area (Å²) >= 11 is 1.15. The Balaban J connectivity index is 1.66. The standard InChI is InChI=1S/C24H24FN5O4S/c1-4-12-30-21(15(2)26-22(32)18-10-5-6-11-19(18)25)28-29-24(30)35-14-20(31)27-17-9-7-8-16(13-17)23(33)34-3/h4-11,13,15H,1,12,14H2,2-3H3,(H,26,32)(H,27,31)/t15-/m1/s1. The molecule has 182 valence electrons. The van der Waals surface area contributed by atoms with Gasteiger partial charge in [0.05, 0.1) is 30.0 Å². The number of rotatable bonds is 10. The second kappa shape index (κ2) is 11.9. The molecule has 35 heavy (non-hydrogen) atoms. The Morgan fingerprint density at radius 1 is 1.20 bits per heavy atom. The van der Waals surface area contributed by atoms with Crippen molar-refractivity contribution in [1.82, 2.24) is 20.1 Å². The van der Waals surface area contributed by atoms with E-state index in [9.17, 15) is 18.8 Å². The number of hydrogen-bond donors (Lipinski definition) is 2. The summed E-state index contributed by atoms with van der Waals surface area (Å²) in [5, 5.41) is 14.2. The normalized spacial score (nSPS) is 11.4. The van der Waals surface area contributed by atoms with Crippen molar-refractivity contribution in [3.05, 3.63) is 84.0 Å². The number of thioether (sulfide) groups is 1. The Hall–Kier alpha value is -3.99. The first kappa shape index (κ1) is 25.6. The smallest absolute Gasteiger partial charge is 0.337 e. The minimum absolute atomic E-state index is 0.0215. The molecule has 0 radical (unpaired) electrons. The summed E-state index contributed by atoms with van der Waals surface area (Å²) in [5.74, 6) is -1.56. The van der Waals surface area contributed by atoms with Gasteiger partial charge in [-0.1, -0.05) is 36.0 Å². The maximum absolute atomic E-state index is 13.9. The maximum Gasteiger partial charge on any atom is 0.337 e. The third kappa shape index (κ3) is 6.54. The van der Waals surface area contributed by atoms with Crippen molar-refractivity contribution in [2.45, 2.75) is 24.7 Å². The Labute approximate surface area is 205 Å². The number of carbonyl (C=O) groups excluding carboxylic acids is 3. The van der Waals surface area contributed by atoms with E-state index in [1.165, 1.54) is 31.4 Å². The number of ether oxygens (including phenoxy) is 1. The van der Waals surface area contributed by atoms with Gasteiger partial charge in [0.15, 0.2) is 11.0 Å². The van der Waals surface area contributed by atoms with Gasteiger partial charge in [-0.15, -0.1) is 16.8 Å². The van der Waals surface area contributed by atoms with E-state index in [2.05, 4.69) is 32.1 Å². The van der Waals surface area contributed by atoms with E-state index in [0.29, 0.717) is 28.8 Å². The molecule has 9 nitrogen and oxygen atoms in total. The number of amides is 2. The molecule has 11 heteroatoms. The number of nitrogens with zero attached hydrogens (tertiary/aromatic N) is 3. The van der Waals surface area contributed by atoms with Gasteiger partial charge in [-0.3, -0.25) is 9.59 Å². The van der Waals surface area contributed by atoms with Crippen LogP contribution in [0.5, 0.6) is 0 Å². The topological polar surface area (TPSA) is 115 Å². The molecule has 2 amide bonds. The summed E-state index contributed by atoms with van der Waals surface area (Å²) in [6.07, 6.45) is 1.64. The Morgan fingerprint density at radius 3 is 2.69 bits per heavy atom. The summed E-state index contributed by atoms with van der Waals surface area (Å²) in [6, 6.07) is 11.5. The molecule has 0 aliphatic carbocycles. The van der Waals surface area contributed by atoms with Crippen LogP contribution in [0.3, 0.4) is 0 Å². The zero-order chi connectivity index (χ0) is 25.4. The number of benzene rings is 2. The Bertz CT molecular complexity index is 1250. The second-order valence-corrected chi connectivity index (χ2v) is 8.27. The van der Waals surface area contributed by atoms with E-state index in [1.807, 2.05) is 0 Å². The summed E-state index contributed by atoms with van der Waals surface area (Å²) in [6.45, 7) is 5.78. The van der Waals surface area contributed by atoms with E-state index < -0.39 is 23.7 Å². The van der Waals surface area contributed by atoms with Crippen LogP contribution < -0.4 is 10.6 Å². The lowest BCUT2D eigenvalue weighted by molar-refractivity contribution is -0.113. The number of aromatic nitrogens is 3. The van der Waals surface area contributed by atoms with Crippen LogP contribution in [-0.4, -0.2) is 45.4 Å². The number of esters is 1. The van der Waals surface area contributed by atoms with Crippen LogP contribution >= 0.6 is 11.8 Å². The number of allylic oxidation sites excluding steroid dienone is 1. The summed E-state index contributed by atoms with van der Waals surface area (Å²) in [4.78, 5) is 36.6. The van der Waals surface area contributed by atoms with E-state index in [0.717, 1.165) is 11.8 Å². The molecule has 1 heterocycles. The molecule has 0 saturated heterocycles. The summed E-state index contributed by atoms with van der Waals surface area (Å²) < 4.78 is 20.3.